The zero-order valence-corrected chi connectivity index (χ0v) is 15.3. The van der Waals surface area contributed by atoms with Crippen molar-refractivity contribution in [3.05, 3.63) is 40.7 Å². The Morgan fingerprint density at radius 1 is 1.36 bits per heavy atom. The number of aryl methyl sites for hydroxylation is 2. The van der Waals surface area contributed by atoms with Gasteiger partial charge in [0.05, 0.1) is 17.1 Å². The Hall–Kier alpha value is -2.54. The van der Waals surface area contributed by atoms with Gasteiger partial charge in [-0.1, -0.05) is 17.7 Å². The Kier molecular flexibility index (Phi) is 6.03. The number of nitrogens with zero attached hydrogens (tertiary/aromatic N) is 2. The zero-order chi connectivity index (χ0) is 18.6. The van der Waals surface area contributed by atoms with Crippen molar-refractivity contribution in [2.45, 2.75) is 26.9 Å². The molecule has 8 heteroatoms. The van der Waals surface area contributed by atoms with Crippen molar-refractivity contribution in [1.82, 2.24) is 9.78 Å². The van der Waals surface area contributed by atoms with E-state index in [0.717, 1.165) is 5.69 Å². The van der Waals surface area contributed by atoms with Crippen molar-refractivity contribution >= 4 is 29.2 Å². The van der Waals surface area contributed by atoms with Crippen LogP contribution in [0.2, 0.25) is 5.02 Å². The topological polar surface area (TPSA) is 82.5 Å². The van der Waals surface area contributed by atoms with Crippen LogP contribution in [0.4, 0.5) is 5.69 Å². The second-order valence-electron chi connectivity index (χ2n) is 5.54. The molecule has 1 N–H and O–H groups in total. The van der Waals surface area contributed by atoms with Crippen LogP contribution in [-0.4, -0.2) is 34.4 Å². The van der Waals surface area contributed by atoms with Gasteiger partial charge in [0, 0.05) is 12.1 Å². The van der Waals surface area contributed by atoms with Crippen LogP contribution in [0, 0.1) is 13.8 Å². The van der Waals surface area contributed by atoms with E-state index >= 15 is 0 Å². The van der Waals surface area contributed by atoms with E-state index in [1.807, 2.05) is 6.92 Å². The number of rotatable bonds is 6. The number of carbonyl (C=O) groups is 2. The molecule has 2 aromatic rings. The predicted octanol–water partition coefficient (Wildman–Crippen LogP) is 2.64. The zero-order valence-electron chi connectivity index (χ0n) is 14.5. The van der Waals surface area contributed by atoms with Gasteiger partial charge >= 0.3 is 5.97 Å². The molecule has 0 aliphatic rings. The minimum Gasteiger partial charge on any atom is -0.482 e. The summed E-state index contributed by atoms with van der Waals surface area (Å²) < 4.78 is 12.0. The van der Waals surface area contributed by atoms with Gasteiger partial charge in [0.1, 0.15) is 5.75 Å². The molecule has 134 valence electrons. The van der Waals surface area contributed by atoms with E-state index in [9.17, 15) is 9.59 Å². The van der Waals surface area contributed by atoms with Crippen molar-refractivity contribution < 1.29 is 19.1 Å². The first kappa shape index (κ1) is 18.8. The lowest BCUT2D eigenvalue weighted by Gasteiger charge is -2.14. The normalized spacial score (nSPS) is 11.7. The molecule has 0 saturated carbocycles. The summed E-state index contributed by atoms with van der Waals surface area (Å²) in [5, 5.41) is 7.45. The first-order chi connectivity index (χ1) is 11.8. The molecule has 0 bridgehead atoms. The molecule has 0 spiro atoms. The third-order valence-corrected chi connectivity index (χ3v) is 3.82. The lowest BCUT2D eigenvalue weighted by Crippen LogP contribution is -2.32. The number of hydrogen-bond acceptors (Lipinski definition) is 5. The molecule has 1 atom stereocenters. The van der Waals surface area contributed by atoms with Crippen LogP contribution in [0.1, 0.15) is 18.3 Å². The van der Waals surface area contributed by atoms with Gasteiger partial charge in [0.2, 0.25) is 0 Å². The largest absolute Gasteiger partial charge is 0.482 e. The number of ether oxygens (including phenoxy) is 2. The SMILES string of the molecule is Cc1nn(C)c(C)c1NC(=O)[C@H](C)OC(=O)COc1cccc(Cl)c1. The molecule has 0 unspecified atom stereocenters. The molecule has 0 fully saturated rings. The Morgan fingerprint density at radius 2 is 2.08 bits per heavy atom. The minimum absolute atomic E-state index is 0.317. The van der Waals surface area contributed by atoms with Crippen molar-refractivity contribution in [3.63, 3.8) is 0 Å². The molecule has 1 aromatic heterocycles. The molecule has 2 rings (SSSR count). The fourth-order valence-corrected chi connectivity index (χ4v) is 2.34. The van der Waals surface area contributed by atoms with Crippen LogP contribution in [0.15, 0.2) is 24.3 Å². The number of anilines is 1. The van der Waals surface area contributed by atoms with Gasteiger partial charge in [-0.05, 0) is 39.0 Å². The summed E-state index contributed by atoms with van der Waals surface area (Å²) in [4.78, 5) is 24.0. The average Bonchev–Trinajstić information content (AvgIpc) is 2.79. The maximum Gasteiger partial charge on any atom is 0.344 e. The van der Waals surface area contributed by atoms with E-state index in [2.05, 4.69) is 10.4 Å². The van der Waals surface area contributed by atoms with Crippen molar-refractivity contribution in [2.75, 3.05) is 11.9 Å². The van der Waals surface area contributed by atoms with E-state index in [-0.39, 0.29) is 6.61 Å². The molecule has 1 amide bonds. The highest BCUT2D eigenvalue weighted by atomic mass is 35.5. The summed E-state index contributed by atoms with van der Waals surface area (Å²) in [6, 6.07) is 6.65. The van der Waals surface area contributed by atoms with Crippen LogP contribution in [0.5, 0.6) is 5.75 Å². The quantitative estimate of drug-likeness (QED) is 0.796. The van der Waals surface area contributed by atoms with E-state index in [1.54, 1.807) is 42.9 Å². The summed E-state index contributed by atoms with van der Waals surface area (Å²) in [5.41, 5.74) is 2.12. The molecule has 25 heavy (non-hydrogen) atoms. The second kappa shape index (κ2) is 8.02. The highest BCUT2D eigenvalue weighted by Crippen LogP contribution is 2.19. The molecule has 1 aromatic carbocycles. The average molecular weight is 366 g/mol. The molecular formula is C17H20ClN3O4. The molecule has 7 nitrogen and oxygen atoms in total. The lowest BCUT2D eigenvalue weighted by molar-refractivity contribution is -0.155. The maximum absolute atomic E-state index is 12.2. The standard InChI is InChI=1S/C17H20ClN3O4/c1-10-16(11(2)21(4)20-10)19-17(23)12(3)25-15(22)9-24-14-7-5-6-13(18)8-14/h5-8,12H,9H2,1-4H3,(H,19,23)/t12-/m0/s1. The predicted molar refractivity (Wildman–Crippen MR) is 93.8 cm³/mol. The molecule has 1 heterocycles. The van der Waals surface area contributed by atoms with Gasteiger partial charge in [-0.25, -0.2) is 4.79 Å². The lowest BCUT2D eigenvalue weighted by atomic mass is 10.3. The first-order valence-corrected chi connectivity index (χ1v) is 8.04. The summed E-state index contributed by atoms with van der Waals surface area (Å²) in [6.45, 7) is 4.81. The molecule has 0 saturated heterocycles. The van der Waals surface area contributed by atoms with Crippen LogP contribution in [0.3, 0.4) is 0 Å². The highest BCUT2D eigenvalue weighted by molar-refractivity contribution is 6.30. The van der Waals surface area contributed by atoms with Crippen molar-refractivity contribution in [3.8, 4) is 5.75 Å². The Bertz CT molecular complexity index is 788. The minimum atomic E-state index is -0.963. The van der Waals surface area contributed by atoms with E-state index < -0.39 is 18.0 Å². The summed E-state index contributed by atoms with van der Waals surface area (Å²) in [6.07, 6.45) is -0.963. The maximum atomic E-state index is 12.2. The fraction of sp³-hybridized carbons (Fsp3) is 0.353. The number of benzene rings is 1. The number of hydrogen-bond donors (Lipinski definition) is 1. The van der Waals surface area contributed by atoms with Crippen molar-refractivity contribution in [2.24, 2.45) is 7.05 Å². The summed E-state index contributed by atoms with van der Waals surface area (Å²) >= 11 is 5.83. The molecule has 0 aliphatic heterocycles. The van der Waals surface area contributed by atoms with Gasteiger partial charge in [-0.3, -0.25) is 9.48 Å². The van der Waals surface area contributed by atoms with Gasteiger partial charge < -0.3 is 14.8 Å². The highest BCUT2D eigenvalue weighted by Gasteiger charge is 2.21. The Morgan fingerprint density at radius 3 is 2.68 bits per heavy atom. The second-order valence-corrected chi connectivity index (χ2v) is 5.97. The number of aromatic nitrogens is 2. The number of esters is 1. The van der Waals surface area contributed by atoms with Crippen LogP contribution >= 0.6 is 11.6 Å². The smallest absolute Gasteiger partial charge is 0.344 e. The third-order valence-electron chi connectivity index (χ3n) is 3.59. The third kappa shape index (κ3) is 4.96. The van der Waals surface area contributed by atoms with E-state index in [1.165, 1.54) is 6.92 Å². The number of amides is 1. The van der Waals surface area contributed by atoms with Gasteiger partial charge in [0.25, 0.3) is 5.91 Å². The Labute approximate surface area is 150 Å². The van der Waals surface area contributed by atoms with Crippen LogP contribution < -0.4 is 10.1 Å². The number of nitrogens with one attached hydrogen (secondary N) is 1. The molecular weight excluding hydrogens is 346 g/mol. The molecule has 0 radical (unpaired) electrons. The molecule has 0 aliphatic carbocycles. The van der Waals surface area contributed by atoms with E-state index in [0.29, 0.717) is 22.2 Å². The van der Waals surface area contributed by atoms with Crippen LogP contribution in [0.25, 0.3) is 0 Å². The van der Waals surface area contributed by atoms with Gasteiger partial charge in [0.15, 0.2) is 12.7 Å². The monoisotopic (exact) mass is 365 g/mol. The van der Waals surface area contributed by atoms with Gasteiger partial charge in [-0.15, -0.1) is 0 Å². The number of halogens is 1. The van der Waals surface area contributed by atoms with Crippen LogP contribution in [-0.2, 0) is 21.4 Å². The summed E-state index contributed by atoms with van der Waals surface area (Å²) in [7, 11) is 1.79. The van der Waals surface area contributed by atoms with Gasteiger partial charge in [-0.2, -0.15) is 5.10 Å². The fourth-order valence-electron chi connectivity index (χ4n) is 2.16. The number of carbonyl (C=O) groups excluding carboxylic acids is 2. The first-order valence-electron chi connectivity index (χ1n) is 7.67. The summed E-state index contributed by atoms with van der Waals surface area (Å²) in [5.74, 6) is -0.638. The van der Waals surface area contributed by atoms with Crippen molar-refractivity contribution in [1.29, 1.82) is 0 Å². The Balaban J connectivity index is 1.86. The van der Waals surface area contributed by atoms with E-state index in [4.69, 9.17) is 21.1 Å².